The average Bonchev–Trinajstić information content (AvgIpc) is 3.22. The van der Waals surface area contributed by atoms with E-state index in [1.54, 1.807) is 6.33 Å². The first kappa shape index (κ1) is 20.9. The molecule has 1 aliphatic rings. The highest BCUT2D eigenvalue weighted by atomic mass is 35.5. The number of nitrogens with zero attached hydrogens (tertiary/aromatic N) is 5. The van der Waals surface area contributed by atoms with Gasteiger partial charge >= 0.3 is 0 Å². The molecule has 0 saturated carbocycles. The zero-order chi connectivity index (χ0) is 22.1. The van der Waals surface area contributed by atoms with Crippen LogP contribution in [0, 0.1) is 6.92 Å². The summed E-state index contributed by atoms with van der Waals surface area (Å²) >= 11 is 6.45. The van der Waals surface area contributed by atoms with E-state index in [4.69, 9.17) is 21.6 Å². The summed E-state index contributed by atoms with van der Waals surface area (Å²) in [4.78, 5) is 14.0. The topological polar surface area (TPSA) is 57.4 Å². The van der Waals surface area contributed by atoms with Gasteiger partial charge in [-0.2, -0.15) is 0 Å². The molecule has 5 rings (SSSR count). The number of hydrogen-bond acceptors (Lipinski definition) is 5. The second kappa shape index (κ2) is 8.90. The standard InChI is InChI=1S/C25H26ClN5O/c1-18-7-8-20(15-22(18)26)31-16-21(19-5-3-2-4-6-19)23-24(27-17-28-25(23)31)30-11-9-29(10-12-30)13-14-32/h2-8,15-17,32H,9-14H2,1H3. The minimum atomic E-state index is 0.192. The lowest BCUT2D eigenvalue weighted by atomic mass is 10.1. The smallest absolute Gasteiger partial charge is 0.150 e. The Labute approximate surface area is 192 Å². The molecule has 1 saturated heterocycles. The number of fused-ring (bicyclic) bond motifs is 1. The number of aryl methyl sites for hydroxylation is 1. The zero-order valence-corrected chi connectivity index (χ0v) is 18.8. The Bertz CT molecular complexity index is 1230. The molecule has 1 fully saturated rings. The predicted octanol–water partition coefficient (Wildman–Crippen LogP) is 4.16. The molecule has 1 N–H and O–H groups in total. The van der Waals surface area contributed by atoms with Gasteiger partial charge in [0.25, 0.3) is 0 Å². The highest BCUT2D eigenvalue weighted by molar-refractivity contribution is 6.31. The number of piperazine rings is 1. The number of aliphatic hydroxyl groups excluding tert-OH is 1. The molecular weight excluding hydrogens is 422 g/mol. The maximum absolute atomic E-state index is 9.26. The molecule has 2 aromatic heterocycles. The second-order valence-corrected chi connectivity index (χ2v) is 8.57. The lowest BCUT2D eigenvalue weighted by Gasteiger charge is -2.35. The van der Waals surface area contributed by atoms with Crippen LogP contribution in [0.4, 0.5) is 5.82 Å². The third-order valence-electron chi connectivity index (χ3n) is 6.17. The van der Waals surface area contributed by atoms with Gasteiger partial charge in [-0.05, 0) is 30.2 Å². The summed E-state index contributed by atoms with van der Waals surface area (Å²) in [5.41, 5.74) is 5.12. The van der Waals surface area contributed by atoms with E-state index in [0.717, 1.165) is 70.4 Å². The summed E-state index contributed by atoms with van der Waals surface area (Å²) in [6.07, 6.45) is 3.79. The van der Waals surface area contributed by atoms with E-state index in [0.29, 0.717) is 6.54 Å². The van der Waals surface area contributed by atoms with Crippen molar-refractivity contribution < 1.29 is 5.11 Å². The van der Waals surface area contributed by atoms with Gasteiger partial charge in [0.2, 0.25) is 0 Å². The third-order valence-corrected chi connectivity index (χ3v) is 6.58. The van der Waals surface area contributed by atoms with Crippen molar-refractivity contribution in [2.75, 3.05) is 44.2 Å². The van der Waals surface area contributed by atoms with Crippen LogP contribution in [0.15, 0.2) is 61.1 Å². The van der Waals surface area contributed by atoms with Crippen molar-refractivity contribution in [2.45, 2.75) is 6.92 Å². The van der Waals surface area contributed by atoms with Crippen molar-refractivity contribution in [1.82, 2.24) is 19.4 Å². The molecule has 2 aromatic carbocycles. The summed E-state index contributed by atoms with van der Waals surface area (Å²) in [5, 5.41) is 11.0. The normalized spacial score (nSPS) is 14.9. The monoisotopic (exact) mass is 447 g/mol. The van der Waals surface area contributed by atoms with Crippen molar-refractivity contribution in [3.63, 3.8) is 0 Å². The van der Waals surface area contributed by atoms with E-state index < -0.39 is 0 Å². The zero-order valence-electron chi connectivity index (χ0n) is 18.1. The van der Waals surface area contributed by atoms with Gasteiger partial charge in [-0.1, -0.05) is 48.0 Å². The van der Waals surface area contributed by atoms with Crippen LogP contribution < -0.4 is 4.90 Å². The molecule has 32 heavy (non-hydrogen) atoms. The Morgan fingerprint density at radius 2 is 1.78 bits per heavy atom. The fourth-order valence-corrected chi connectivity index (χ4v) is 4.55. The number of aromatic nitrogens is 3. The largest absolute Gasteiger partial charge is 0.395 e. The van der Waals surface area contributed by atoms with Gasteiger partial charge in [0.1, 0.15) is 12.1 Å². The number of anilines is 1. The van der Waals surface area contributed by atoms with Crippen molar-refractivity contribution in [1.29, 1.82) is 0 Å². The summed E-state index contributed by atoms with van der Waals surface area (Å²) in [6, 6.07) is 16.5. The summed E-state index contributed by atoms with van der Waals surface area (Å²) in [7, 11) is 0. The molecule has 0 atom stereocenters. The molecule has 1 aliphatic heterocycles. The number of aliphatic hydroxyl groups is 1. The van der Waals surface area contributed by atoms with Crippen molar-refractivity contribution in [3.8, 4) is 16.8 Å². The van der Waals surface area contributed by atoms with Crippen LogP contribution in [0.3, 0.4) is 0 Å². The van der Waals surface area contributed by atoms with Gasteiger partial charge in [0, 0.05) is 55.2 Å². The van der Waals surface area contributed by atoms with Crippen molar-refractivity contribution in [3.05, 3.63) is 71.6 Å². The Hall–Kier alpha value is -2.93. The van der Waals surface area contributed by atoms with E-state index in [2.05, 4.69) is 50.9 Å². The molecule has 3 heterocycles. The molecule has 0 amide bonds. The summed E-state index contributed by atoms with van der Waals surface area (Å²) in [5.74, 6) is 0.953. The number of rotatable bonds is 5. The lowest BCUT2D eigenvalue weighted by molar-refractivity contribution is 0.188. The fraction of sp³-hybridized carbons (Fsp3) is 0.280. The maximum Gasteiger partial charge on any atom is 0.150 e. The van der Waals surface area contributed by atoms with Crippen LogP contribution >= 0.6 is 11.6 Å². The Kier molecular flexibility index (Phi) is 5.83. The van der Waals surface area contributed by atoms with Crippen LogP contribution in [-0.4, -0.2) is 63.9 Å². The summed E-state index contributed by atoms with van der Waals surface area (Å²) < 4.78 is 2.11. The number of β-amino-alcohol motifs (C(OH)–C–C–N with tert-alkyl or cyclic N) is 1. The van der Waals surface area contributed by atoms with E-state index in [-0.39, 0.29) is 6.61 Å². The molecule has 0 spiro atoms. The Morgan fingerprint density at radius 1 is 1.00 bits per heavy atom. The molecule has 0 aliphatic carbocycles. The fourth-order valence-electron chi connectivity index (χ4n) is 4.38. The van der Waals surface area contributed by atoms with Crippen LogP contribution in [0.2, 0.25) is 5.02 Å². The number of hydrogen-bond donors (Lipinski definition) is 1. The molecule has 164 valence electrons. The quantitative estimate of drug-likeness (QED) is 0.497. The van der Waals surface area contributed by atoms with Gasteiger partial charge in [-0.15, -0.1) is 0 Å². The van der Waals surface area contributed by atoms with Crippen LogP contribution in [0.5, 0.6) is 0 Å². The number of benzene rings is 2. The predicted molar refractivity (Wildman–Crippen MR) is 130 cm³/mol. The molecule has 0 radical (unpaired) electrons. The molecular formula is C25H26ClN5O. The van der Waals surface area contributed by atoms with Crippen LogP contribution in [0.1, 0.15) is 5.56 Å². The lowest BCUT2D eigenvalue weighted by Crippen LogP contribution is -2.47. The van der Waals surface area contributed by atoms with Gasteiger partial charge in [0.15, 0.2) is 5.65 Å². The van der Waals surface area contributed by atoms with Gasteiger partial charge in [-0.3, -0.25) is 4.90 Å². The molecule has 7 heteroatoms. The Morgan fingerprint density at radius 3 is 2.50 bits per heavy atom. The molecule has 6 nitrogen and oxygen atoms in total. The molecule has 0 bridgehead atoms. The van der Waals surface area contributed by atoms with E-state index >= 15 is 0 Å². The highest BCUT2D eigenvalue weighted by Gasteiger charge is 2.24. The minimum absolute atomic E-state index is 0.192. The van der Waals surface area contributed by atoms with Gasteiger partial charge in [-0.25, -0.2) is 9.97 Å². The second-order valence-electron chi connectivity index (χ2n) is 8.16. The van der Waals surface area contributed by atoms with Crippen LogP contribution in [0.25, 0.3) is 27.8 Å². The minimum Gasteiger partial charge on any atom is -0.395 e. The first-order chi connectivity index (χ1) is 15.7. The van der Waals surface area contributed by atoms with Gasteiger partial charge < -0.3 is 14.6 Å². The maximum atomic E-state index is 9.26. The summed E-state index contributed by atoms with van der Waals surface area (Å²) in [6.45, 7) is 6.45. The van der Waals surface area contributed by atoms with Crippen molar-refractivity contribution in [2.24, 2.45) is 0 Å². The van der Waals surface area contributed by atoms with E-state index in [9.17, 15) is 5.11 Å². The SMILES string of the molecule is Cc1ccc(-n2cc(-c3ccccc3)c3c(N4CCN(CCO)CC4)ncnc32)cc1Cl. The molecule has 4 aromatic rings. The van der Waals surface area contributed by atoms with E-state index in [1.165, 1.54) is 0 Å². The third kappa shape index (κ3) is 3.86. The number of halogens is 1. The van der Waals surface area contributed by atoms with Crippen molar-refractivity contribution >= 4 is 28.5 Å². The highest BCUT2D eigenvalue weighted by Crippen LogP contribution is 2.37. The van der Waals surface area contributed by atoms with Crippen LogP contribution in [-0.2, 0) is 0 Å². The average molecular weight is 448 g/mol. The first-order valence-corrected chi connectivity index (χ1v) is 11.3. The Balaban J connectivity index is 1.66. The molecule has 0 unspecified atom stereocenters. The van der Waals surface area contributed by atoms with E-state index in [1.807, 2.05) is 25.1 Å². The first-order valence-electron chi connectivity index (χ1n) is 10.9. The van der Waals surface area contributed by atoms with Gasteiger partial charge in [0.05, 0.1) is 12.0 Å².